The number of hydrogen-bond donors (Lipinski definition) is 1. The number of halogens is 2. The number of amides is 2. The summed E-state index contributed by atoms with van der Waals surface area (Å²) in [4.78, 5) is 28.0. The number of nitrogens with zero attached hydrogens (tertiary/aromatic N) is 2. The molecule has 1 atom stereocenters. The van der Waals surface area contributed by atoms with Gasteiger partial charge < -0.3 is 10.2 Å². The summed E-state index contributed by atoms with van der Waals surface area (Å²) in [6.45, 7) is 3.66. The van der Waals surface area contributed by atoms with E-state index in [0.717, 1.165) is 51.4 Å². The van der Waals surface area contributed by atoms with Crippen molar-refractivity contribution in [2.75, 3.05) is 17.4 Å². The van der Waals surface area contributed by atoms with Gasteiger partial charge in [0.25, 0.3) is 10.0 Å². The lowest BCUT2D eigenvalue weighted by Gasteiger charge is -2.32. The Morgan fingerprint density at radius 2 is 1.68 bits per heavy atom. The molecule has 3 aromatic carbocycles. The molecular formula is C28H31BrFN3O4S. The molecule has 0 bridgehead atoms. The number of carbonyl (C=O) groups is 2. The Labute approximate surface area is 231 Å². The van der Waals surface area contributed by atoms with Gasteiger partial charge in [0.2, 0.25) is 11.8 Å². The Balaban J connectivity index is 1.97. The Bertz CT molecular complexity index is 1340. The molecule has 38 heavy (non-hydrogen) atoms. The predicted molar refractivity (Wildman–Crippen MR) is 149 cm³/mol. The highest BCUT2D eigenvalue weighted by Crippen LogP contribution is 2.25. The number of benzene rings is 3. The highest BCUT2D eigenvalue weighted by atomic mass is 79.9. The van der Waals surface area contributed by atoms with Crippen LogP contribution in [0.3, 0.4) is 0 Å². The first kappa shape index (κ1) is 29.3. The van der Waals surface area contributed by atoms with Crippen molar-refractivity contribution in [2.45, 2.75) is 44.2 Å². The summed E-state index contributed by atoms with van der Waals surface area (Å²) in [6.07, 6.45) is 1.71. The van der Waals surface area contributed by atoms with Crippen molar-refractivity contribution in [1.82, 2.24) is 10.2 Å². The van der Waals surface area contributed by atoms with Crippen molar-refractivity contribution in [3.05, 3.63) is 94.7 Å². The average molecular weight is 605 g/mol. The second-order valence-corrected chi connectivity index (χ2v) is 11.6. The Morgan fingerprint density at radius 3 is 2.32 bits per heavy atom. The summed E-state index contributed by atoms with van der Waals surface area (Å²) in [7, 11) is -4.23. The fourth-order valence-corrected chi connectivity index (χ4v) is 5.67. The summed E-state index contributed by atoms with van der Waals surface area (Å²) >= 11 is 3.43. The van der Waals surface area contributed by atoms with Crippen LogP contribution >= 0.6 is 15.9 Å². The minimum absolute atomic E-state index is 0.0971. The Morgan fingerprint density at radius 1 is 1.00 bits per heavy atom. The standard InChI is InChI=1S/C28H31BrFN3O4S/c1-3-4-17-31-28(35)21(2)32(19-22-9-8-10-23(29)18-22)27(34)20-33(25-11-6-5-7-12-25)38(36,37)26-15-13-24(30)14-16-26/h5-16,18,21H,3-4,17,19-20H2,1-2H3,(H,31,35)/t21-/m0/s1. The number of carbonyl (C=O) groups excluding carboxylic acids is 2. The van der Waals surface area contributed by atoms with Gasteiger partial charge in [-0.15, -0.1) is 0 Å². The molecule has 0 aromatic heterocycles. The van der Waals surface area contributed by atoms with Gasteiger partial charge in [-0.3, -0.25) is 13.9 Å². The molecule has 0 spiro atoms. The van der Waals surface area contributed by atoms with Gasteiger partial charge in [-0.1, -0.05) is 59.6 Å². The molecule has 0 saturated heterocycles. The predicted octanol–water partition coefficient (Wildman–Crippen LogP) is 5.12. The largest absolute Gasteiger partial charge is 0.354 e. The van der Waals surface area contributed by atoms with E-state index in [-0.39, 0.29) is 23.0 Å². The third-order valence-corrected chi connectivity index (χ3v) is 8.24. The summed E-state index contributed by atoms with van der Waals surface area (Å²) < 4.78 is 42.6. The number of hydrogen-bond acceptors (Lipinski definition) is 4. The van der Waals surface area contributed by atoms with Gasteiger partial charge in [-0.25, -0.2) is 12.8 Å². The van der Waals surface area contributed by atoms with Crippen molar-refractivity contribution in [3.8, 4) is 0 Å². The zero-order valence-corrected chi connectivity index (χ0v) is 23.7. The quantitative estimate of drug-likeness (QED) is 0.291. The van der Waals surface area contributed by atoms with Gasteiger partial charge in [-0.2, -0.15) is 0 Å². The van der Waals surface area contributed by atoms with E-state index >= 15 is 0 Å². The summed E-state index contributed by atoms with van der Waals surface area (Å²) in [5.41, 5.74) is 1.04. The molecule has 0 aliphatic rings. The third kappa shape index (κ3) is 7.64. The van der Waals surface area contributed by atoms with Crippen LogP contribution in [0, 0.1) is 5.82 Å². The Kier molecular flexibility index (Phi) is 10.4. The number of para-hydroxylation sites is 1. The van der Waals surface area contributed by atoms with Crippen LogP contribution in [-0.2, 0) is 26.2 Å². The molecular weight excluding hydrogens is 573 g/mol. The maximum absolute atomic E-state index is 13.8. The van der Waals surface area contributed by atoms with Gasteiger partial charge in [-0.05, 0) is 67.4 Å². The molecule has 202 valence electrons. The minimum Gasteiger partial charge on any atom is -0.354 e. The first-order valence-electron chi connectivity index (χ1n) is 12.3. The lowest BCUT2D eigenvalue weighted by atomic mass is 10.1. The molecule has 0 aliphatic carbocycles. The van der Waals surface area contributed by atoms with Gasteiger partial charge in [0.05, 0.1) is 10.6 Å². The van der Waals surface area contributed by atoms with Gasteiger partial charge in [0, 0.05) is 17.6 Å². The van der Waals surface area contributed by atoms with E-state index in [2.05, 4.69) is 21.2 Å². The second kappa shape index (κ2) is 13.5. The molecule has 1 N–H and O–H groups in total. The van der Waals surface area contributed by atoms with E-state index in [0.29, 0.717) is 6.54 Å². The van der Waals surface area contributed by atoms with E-state index in [1.54, 1.807) is 37.3 Å². The third-order valence-electron chi connectivity index (χ3n) is 5.96. The summed E-state index contributed by atoms with van der Waals surface area (Å²) in [6, 6.07) is 19.1. The highest BCUT2D eigenvalue weighted by molar-refractivity contribution is 9.10. The number of unbranched alkanes of at least 4 members (excludes halogenated alkanes) is 1. The zero-order valence-electron chi connectivity index (χ0n) is 21.3. The van der Waals surface area contributed by atoms with E-state index in [9.17, 15) is 22.4 Å². The first-order valence-corrected chi connectivity index (χ1v) is 14.5. The molecule has 0 aliphatic heterocycles. The fraction of sp³-hybridized carbons (Fsp3) is 0.286. The summed E-state index contributed by atoms with van der Waals surface area (Å²) in [5.74, 6) is -1.46. The van der Waals surface area contributed by atoms with Crippen molar-refractivity contribution in [2.24, 2.45) is 0 Å². The molecule has 0 heterocycles. The van der Waals surface area contributed by atoms with E-state index in [1.807, 2.05) is 31.2 Å². The topological polar surface area (TPSA) is 86.8 Å². The Hall–Kier alpha value is -3.24. The molecule has 0 unspecified atom stereocenters. The van der Waals surface area contributed by atoms with Crippen LogP contribution in [0.25, 0.3) is 0 Å². The van der Waals surface area contributed by atoms with Crippen LogP contribution in [0.5, 0.6) is 0 Å². The van der Waals surface area contributed by atoms with E-state index < -0.39 is 34.3 Å². The van der Waals surface area contributed by atoms with Crippen LogP contribution in [0.4, 0.5) is 10.1 Å². The average Bonchev–Trinajstić information content (AvgIpc) is 2.90. The molecule has 3 aromatic rings. The van der Waals surface area contributed by atoms with E-state index in [1.165, 1.54) is 4.90 Å². The highest BCUT2D eigenvalue weighted by Gasteiger charge is 2.32. The van der Waals surface area contributed by atoms with Gasteiger partial charge in [0.15, 0.2) is 0 Å². The first-order chi connectivity index (χ1) is 18.1. The van der Waals surface area contributed by atoms with E-state index in [4.69, 9.17) is 0 Å². The van der Waals surface area contributed by atoms with Gasteiger partial charge >= 0.3 is 0 Å². The molecule has 2 amide bonds. The second-order valence-electron chi connectivity index (χ2n) is 8.77. The molecule has 0 saturated carbocycles. The molecule has 0 radical (unpaired) electrons. The lowest BCUT2D eigenvalue weighted by Crippen LogP contribution is -2.51. The van der Waals surface area contributed by atoms with Crippen molar-refractivity contribution < 1.29 is 22.4 Å². The van der Waals surface area contributed by atoms with Crippen molar-refractivity contribution >= 4 is 43.5 Å². The zero-order chi connectivity index (χ0) is 27.7. The van der Waals surface area contributed by atoms with Gasteiger partial charge in [0.1, 0.15) is 18.4 Å². The van der Waals surface area contributed by atoms with Crippen molar-refractivity contribution in [1.29, 1.82) is 0 Å². The maximum Gasteiger partial charge on any atom is 0.264 e. The maximum atomic E-state index is 13.8. The molecule has 0 fully saturated rings. The van der Waals surface area contributed by atoms with Crippen LogP contribution in [0.1, 0.15) is 32.3 Å². The lowest BCUT2D eigenvalue weighted by molar-refractivity contribution is -0.139. The van der Waals surface area contributed by atoms with Crippen LogP contribution in [0.15, 0.2) is 88.2 Å². The monoisotopic (exact) mass is 603 g/mol. The number of sulfonamides is 1. The smallest absolute Gasteiger partial charge is 0.264 e. The summed E-state index contributed by atoms with van der Waals surface area (Å²) in [5, 5.41) is 2.85. The SMILES string of the molecule is CCCCNC(=O)[C@H](C)N(Cc1cccc(Br)c1)C(=O)CN(c1ccccc1)S(=O)(=O)c1ccc(F)cc1. The number of anilines is 1. The fourth-order valence-electron chi connectivity index (χ4n) is 3.81. The minimum atomic E-state index is -4.23. The molecule has 7 nitrogen and oxygen atoms in total. The van der Waals surface area contributed by atoms with Crippen LogP contribution in [0.2, 0.25) is 0 Å². The number of rotatable bonds is 12. The van der Waals surface area contributed by atoms with Crippen molar-refractivity contribution in [3.63, 3.8) is 0 Å². The van der Waals surface area contributed by atoms with Crippen LogP contribution < -0.4 is 9.62 Å². The number of nitrogens with one attached hydrogen (secondary N) is 1. The molecule has 3 rings (SSSR count). The normalized spacial score (nSPS) is 12.0. The molecule has 10 heteroatoms. The van der Waals surface area contributed by atoms with Crippen LogP contribution in [-0.4, -0.2) is 44.3 Å².